The van der Waals surface area contributed by atoms with Crippen LogP contribution in [0.1, 0.15) is 44.6 Å². The van der Waals surface area contributed by atoms with E-state index in [9.17, 15) is 10.1 Å². The average molecular weight is 276 g/mol. The van der Waals surface area contributed by atoms with Crippen LogP contribution in [0.3, 0.4) is 0 Å². The minimum absolute atomic E-state index is 0.161. The van der Waals surface area contributed by atoms with Crippen LogP contribution >= 0.6 is 0 Å². The monoisotopic (exact) mass is 276 g/mol. The second kappa shape index (κ2) is 6.35. The van der Waals surface area contributed by atoms with Crippen LogP contribution in [0.25, 0.3) is 0 Å². The number of hydrogen-bond acceptors (Lipinski definition) is 3. The quantitative estimate of drug-likeness (QED) is 0.636. The van der Waals surface area contributed by atoms with Crippen LogP contribution in [-0.2, 0) is 6.42 Å². The third-order valence-corrected chi connectivity index (χ3v) is 4.91. The molecule has 1 saturated carbocycles. The van der Waals surface area contributed by atoms with Crippen molar-refractivity contribution >= 4 is 5.69 Å². The van der Waals surface area contributed by atoms with E-state index >= 15 is 0 Å². The summed E-state index contributed by atoms with van der Waals surface area (Å²) in [5.74, 6) is 0.829. The van der Waals surface area contributed by atoms with E-state index in [0.717, 1.165) is 25.3 Å². The summed E-state index contributed by atoms with van der Waals surface area (Å²) < 4.78 is 0. The molecule has 0 spiro atoms. The van der Waals surface area contributed by atoms with Crippen LogP contribution in [0.5, 0.6) is 0 Å². The molecule has 2 N–H and O–H groups in total. The third-order valence-electron chi connectivity index (χ3n) is 4.91. The number of rotatable bonds is 6. The average Bonchev–Trinajstić information content (AvgIpc) is 2.90. The van der Waals surface area contributed by atoms with Gasteiger partial charge in [-0.25, -0.2) is 0 Å². The third kappa shape index (κ3) is 3.37. The summed E-state index contributed by atoms with van der Waals surface area (Å²) in [6.45, 7) is 3.02. The predicted molar refractivity (Wildman–Crippen MR) is 80.5 cm³/mol. The second-order valence-electron chi connectivity index (χ2n) is 6.14. The first kappa shape index (κ1) is 15.0. The fourth-order valence-corrected chi connectivity index (χ4v) is 3.38. The normalized spacial score (nSPS) is 25.8. The van der Waals surface area contributed by atoms with Gasteiger partial charge in [0.25, 0.3) is 5.69 Å². The summed E-state index contributed by atoms with van der Waals surface area (Å²) in [5, 5.41) is 10.6. The van der Waals surface area contributed by atoms with Crippen molar-refractivity contribution in [2.75, 3.05) is 6.54 Å². The Kier molecular flexibility index (Phi) is 4.76. The van der Waals surface area contributed by atoms with E-state index in [1.165, 1.54) is 31.2 Å². The van der Waals surface area contributed by atoms with E-state index in [1.807, 2.05) is 12.1 Å². The van der Waals surface area contributed by atoms with Gasteiger partial charge in [0.15, 0.2) is 0 Å². The maximum atomic E-state index is 10.6. The minimum atomic E-state index is -0.353. The van der Waals surface area contributed by atoms with Crippen LogP contribution in [0.15, 0.2) is 24.3 Å². The number of hydrogen-bond donors (Lipinski definition) is 1. The van der Waals surface area contributed by atoms with Gasteiger partial charge in [-0.15, -0.1) is 0 Å². The van der Waals surface area contributed by atoms with Crippen molar-refractivity contribution in [1.82, 2.24) is 0 Å². The zero-order chi connectivity index (χ0) is 14.6. The molecule has 1 aromatic rings. The molecule has 1 aliphatic carbocycles. The molecular weight excluding hydrogens is 252 g/mol. The molecule has 0 radical (unpaired) electrons. The fourth-order valence-electron chi connectivity index (χ4n) is 3.38. The molecule has 0 bridgehead atoms. The molecule has 1 aromatic carbocycles. The Labute approximate surface area is 120 Å². The van der Waals surface area contributed by atoms with E-state index in [-0.39, 0.29) is 10.6 Å². The van der Waals surface area contributed by atoms with Crippen molar-refractivity contribution in [3.63, 3.8) is 0 Å². The van der Waals surface area contributed by atoms with E-state index < -0.39 is 0 Å². The van der Waals surface area contributed by atoms with Gasteiger partial charge >= 0.3 is 0 Å². The SMILES string of the molecule is CCC1CCC(CN)(CCc2ccc([N+](=O)[O-])cc2)C1. The summed E-state index contributed by atoms with van der Waals surface area (Å²) in [5.41, 5.74) is 7.65. The van der Waals surface area contributed by atoms with Crippen molar-refractivity contribution in [1.29, 1.82) is 0 Å². The number of nitro groups is 1. The first-order valence-corrected chi connectivity index (χ1v) is 7.52. The lowest BCUT2D eigenvalue weighted by Crippen LogP contribution is -2.28. The molecule has 1 aliphatic rings. The van der Waals surface area contributed by atoms with E-state index in [0.29, 0.717) is 5.41 Å². The second-order valence-corrected chi connectivity index (χ2v) is 6.14. The maximum Gasteiger partial charge on any atom is 0.269 e. The minimum Gasteiger partial charge on any atom is -0.330 e. The smallest absolute Gasteiger partial charge is 0.269 e. The lowest BCUT2D eigenvalue weighted by molar-refractivity contribution is -0.384. The molecule has 4 nitrogen and oxygen atoms in total. The van der Waals surface area contributed by atoms with Gasteiger partial charge in [-0.05, 0) is 55.5 Å². The molecule has 2 atom stereocenters. The molecule has 110 valence electrons. The van der Waals surface area contributed by atoms with Gasteiger partial charge in [-0.1, -0.05) is 25.5 Å². The Hall–Kier alpha value is -1.42. The molecule has 0 heterocycles. The molecule has 0 aliphatic heterocycles. The van der Waals surface area contributed by atoms with Crippen LogP contribution in [0.4, 0.5) is 5.69 Å². The van der Waals surface area contributed by atoms with Crippen LogP contribution in [0, 0.1) is 21.4 Å². The molecule has 2 unspecified atom stereocenters. The van der Waals surface area contributed by atoms with E-state index in [4.69, 9.17) is 5.73 Å². The largest absolute Gasteiger partial charge is 0.330 e. The van der Waals surface area contributed by atoms with Crippen molar-refractivity contribution < 1.29 is 4.92 Å². The molecular formula is C16H24N2O2. The van der Waals surface area contributed by atoms with Gasteiger partial charge in [0.1, 0.15) is 0 Å². The highest BCUT2D eigenvalue weighted by atomic mass is 16.6. The van der Waals surface area contributed by atoms with E-state index in [1.54, 1.807) is 12.1 Å². The van der Waals surface area contributed by atoms with Crippen LogP contribution < -0.4 is 5.73 Å². The van der Waals surface area contributed by atoms with Crippen molar-refractivity contribution in [3.05, 3.63) is 39.9 Å². The number of non-ortho nitro benzene ring substituents is 1. The summed E-state index contributed by atoms with van der Waals surface area (Å²) in [6.07, 6.45) is 7.08. The van der Waals surface area contributed by atoms with Gasteiger partial charge in [-0.3, -0.25) is 10.1 Å². The Balaban J connectivity index is 1.95. The van der Waals surface area contributed by atoms with Crippen LogP contribution in [-0.4, -0.2) is 11.5 Å². The highest BCUT2D eigenvalue weighted by molar-refractivity contribution is 5.32. The first-order valence-electron chi connectivity index (χ1n) is 7.52. The molecule has 0 aromatic heterocycles. The van der Waals surface area contributed by atoms with Crippen LogP contribution in [0.2, 0.25) is 0 Å². The molecule has 4 heteroatoms. The predicted octanol–water partition coefficient (Wildman–Crippen LogP) is 3.68. The fraction of sp³-hybridized carbons (Fsp3) is 0.625. The lowest BCUT2D eigenvalue weighted by atomic mass is 9.79. The van der Waals surface area contributed by atoms with Crippen molar-refractivity contribution in [2.45, 2.75) is 45.4 Å². The number of nitro benzene ring substituents is 1. The molecule has 1 fully saturated rings. The summed E-state index contributed by atoms with van der Waals surface area (Å²) in [4.78, 5) is 10.3. The van der Waals surface area contributed by atoms with Gasteiger partial charge in [-0.2, -0.15) is 0 Å². The lowest BCUT2D eigenvalue weighted by Gasteiger charge is -2.28. The van der Waals surface area contributed by atoms with E-state index in [2.05, 4.69) is 6.92 Å². The Morgan fingerprint density at radius 2 is 2.10 bits per heavy atom. The van der Waals surface area contributed by atoms with Crippen molar-refractivity contribution in [2.24, 2.45) is 17.1 Å². The Bertz CT molecular complexity index is 458. The Morgan fingerprint density at radius 3 is 2.60 bits per heavy atom. The highest BCUT2D eigenvalue weighted by Crippen LogP contribution is 2.45. The Morgan fingerprint density at radius 1 is 1.40 bits per heavy atom. The molecule has 2 rings (SSSR count). The summed E-state index contributed by atoms with van der Waals surface area (Å²) in [7, 11) is 0. The zero-order valence-electron chi connectivity index (χ0n) is 12.2. The maximum absolute atomic E-state index is 10.6. The zero-order valence-corrected chi connectivity index (χ0v) is 12.2. The number of aryl methyl sites for hydroxylation is 1. The topological polar surface area (TPSA) is 69.2 Å². The summed E-state index contributed by atoms with van der Waals surface area (Å²) in [6, 6.07) is 6.92. The number of nitrogens with zero attached hydrogens (tertiary/aromatic N) is 1. The standard InChI is InChI=1S/C16H24N2O2/c1-2-13-7-9-16(11-13,12-17)10-8-14-3-5-15(6-4-14)18(19)20/h3-6,13H,2,7-12,17H2,1H3. The molecule has 20 heavy (non-hydrogen) atoms. The van der Waals surface area contributed by atoms with Gasteiger partial charge in [0, 0.05) is 12.1 Å². The van der Waals surface area contributed by atoms with Gasteiger partial charge < -0.3 is 5.73 Å². The number of nitrogens with two attached hydrogens (primary N) is 1. The molecule has 0 amide bonds. The molecule has 0 saturated heterocycles. The highest BCUT2D eigenvalue weighted by Gasteiger charge is 2.36. The first-order chi connectivity index (χ1) is 9.58. The van der Waals surface area contributed by atoms with Crippen molar-refractivity contribution in [3.8, 4) is 0 Å². The summed E-state index contributed by atoms with van der Waals surface area (Å²) >= 11 is 0. The number of benzene rings is 1. The van der Waals surface area contributed by atoms with Gasteiger partial charge in [0.05, 0.1) is 4.92 Å². The van der Waals surface area contributed by atoms with Gasteiger partial charge in [0.2, 0.25) is 0 Å².